The van der Waals surface area contributed by atoms with E-state index in [9.17, 15) is 13.6 Å². The maximum atomic E-state index is 12.5. The summed E-state index contributed by atoms with van der Waals surface area (Å²) in [4.78, 5) is 14.2. The van der Waals surface area contributed by atoms with Gasteiger partial charge in [-0.15, -0.1) is 0 Å². The van der Waals surface area contributed by atoms with Gasteiger partial charge in [0.15, 0.2) is 0 Å². The third-order valence-electron chi connectivity index (χ3n) is 1.58. The summed E-state index contributed by atoms with van der Waals surface area (Å²) in [6, 6.07) is 1.50. The summed E-state index contributed by atoms with van der Waals surface area (Å²) < 4.78 is 25.6. The number of hydrogen-bond donors (Lipinski definition) is 1. The molecule has 1 aromatic heterocycles. The van der Waals surface area contributed by atoms with E-state index in [1.807, 2.05) is 0 Å². The highest BCUT2D eigenvalue weighted by Crippen LogP contribution is 2.26. The number of aliphatic carboxylic acids is 1. The van der Waals surface area contributed by atoms with Crippen LogP contribution in [0.4, 0.5) is 8.78 Å². The number of aromatic nitrogens is 1. The third-order valence-corrected chi connectivity index (χ3v) is 3.37. The highest BCUT2D eigenvalue weighted by Gasteiger charge is 2.18. The van der Waals surface area contributed by atoms with Crippen molar-refractivity contribution in [2.24, 2.45) is 0 Å². The van der Waals surface area contributed by atoms with Crippen LogP contribution in [0.1, 0.15) is 17.7 Å². The number of carbonyl (C=O) groups is 1. The van der Waals surface area contributed by atoms with Crippen molar-refractivity contribution in [1.29, 1.82) is 0 Å². The van der Waals surface area contributed by atoms with Crippen molar-refractivity contribution in [2.75, 3.05) is 0 Å². The van der Waals surface area contributed by atoms with E-state index >= 15 is 0 Å². The first-order valence-electron chi connectivity index (χ1n) is 3.76. The number of rotatable bonds is 3. The zero-order chi connectivity index (χ0) is 11.6. The first kappa shape index (κ1) is 13.0. The quantitative estimate of drug-likeness (QED) is 0.583. The van der Waals surface area contributed by atoms with Crippen LogP contribution in [0.15, 0.2) is 6.07 Å². The molecule has 0 bridgehead atoms. The lowest BCUT2D eigenvalue weighted by molar-refractivity contribution is -0.136. The van der Waals surface area contributed by atoms with E-state index in [1.54, 1.807) is 45.2 Å². The van der Waals surface area contributed by atoms with Gasteiger partial charge >= 0.3 is 5.97 Å². The van der Waals surface area contributed by atoms with Crippen molar-refractivity contribution in [3.8, 4) is 0 Å². The van der Waals surface area contributed by atoms with Crippen LogP contribution in [-0.4, -0.2) is 16.1 Å². The Kier molecular flexibility index (Phi) is 4.62. The Balaban J connectivity index is 3.21. The van der Waals surface area contributed by atoms with Gasteiger partial charge < -0.3 is 5.11 Å². The van der Waals surface area contributed by atoms with Gasteiger partial charge in [-0.25, -0.2) is 13.8 Å². The summed E-state index contributed by atoms with van der Waals surface area (Å²) in [6.45, 7) is 0. The molecule has 0 aliphatic heterocycles. The third kappa shape index (κ3) is 3.47. The summed E-state index contributed by atoms with van der Waals surface area (Å²) in [6.07, 6.45) is -2.95. The van der Waals surface area contributed by atoms with E-state index in [4.69, 9.17) is 5.11 Å². The van der Waals surface area contributed by atoms with Gasteiger partial charge in [0.25, 0.3) is 6.43 Å². The average molecular weight is 439 g/mol. The lowest BCUT2D eigenvalue weighted by atomic mass is 10.2. The highest BCUT2D eigenvalue weighted by atomic mass is 127. The summed E-state index contributed by atoms with van der Waals surface area (Å²) in [5.74, 6) is -1.05. The Bertz CT molecular complexity index is 398. The second kappa shape index (κ2) is 5.32. The van der Waals surface area contributed by atoms with Crippen LogP contribution >= 0.6 is 45.2 Å². The van der Waals surface area contributed by atoms with Crippen molar-refractivity contribution in [3.63, 3.8) is 0 Å². The normalized spacial score (nSPS) is 10.7. The molecule has 0 atom stereocenters. The molecule has 0 unspecified atom stereocenters. The minimum atomic E-state index is -2.68. The SMILES string of the molecule is O=C(O)Cc1cc(I)nc(C(F)F)c1I. The van der Waals surface area contributed by atoms with Gasteiger partial charge in [0.2, 0.25) is 0 Å². The fourth-order valence-corrected chi connectivity index (χ4v) is 2.34. The lowest BCUT2D eigenvalue weighted by Gasteiger charge is -2.07. The van der Waals surface area contributed by atoms with E-state index in [-0.39, 0.29) is 15.7 Å². The van der Waals surface area contributed by atoms with Crippen molar-refractivity contribution >= 4 is 51.2 Å². The highest BCUT2D eigenvalue weighted by molar-refractivity contribution is 14.1. The van der Waals surface area contributed by atoms with Gasteiger partial charge in [0, 0.05) is 3.57 Å². The molecule has 0 aliphatic rings. The molecular formula is C8H5F2I2NO2. The first-order chi connectivity index (χ1) is 6.91. The molecule has 0 fully saturated rings. The summed E-state index contributed by atoms with van der Waals surface area (Å²) in [5, 5.41) is 8.60. The van der Waals surface area contributed by atoms with E-state index < -0.39 is 12.4 Å². The van der Waals surface area contributed by atoms with Crippen molar-refractivity contribution in [2.45, 2.75) is 12.8 Å². The fraction of sp³-hybridized carbons (Fsp3) is 0.250. The molecule has 0 spiro atoms. The standard InChI is InChI=1S/C8H5F2I2NO2/c9-8(10)7-6(12)3(2-5(14)15)1-4(11)13-7/h1,8H,2H2,(H,14,15). The van der Waals surface area contributed by atoms with Crippen LogP contribution in [0.5, 0.6) is 0 Å². The van der Waals surface area contributed by atoms with Crippen LogP contribution in [0.25, 0.3) is 0 Å². The molecule has 7 heteroatoms. The Morgan fingerprint density at radius 1 is 1.53 bits per heavy atom. The Morgan fingerprint density at radius 3 is 2.60 bits per heavy atom. The van der Waals surface area contributed by atoms with Gasteiger partial charge in [-0.1, -0.05) is 0 Å². The number of halogens is 4. The molecular weight excluding hydrogens is 434 g/mol. The Hall–Kier alpha value is -0.0600. The van der Waals surface area contributed by atoms with Crippen molar-refractivity contribution in [3.05, 3.63) is 24.6 Å². The van der Waals surface area contributed by atoms with E-state index in [0.29, 0.717) is 9.26 Å². The smallest absolute Gasteiger partial charge is 0.307 e. The number of carboxylic acids is 1. The molecule has 1 aromatic rings. The zero-order valence-electron chi connectivity index (χ0n) is 7.18. The molecule has 1 rings (SSSR count). The van der Waals surface area contributed by atoms with Crippen molar-refractivity contribution < 1.29 is 18.7 Å². The minimum Gasteiger partial charge on any atom is -0.481 e. The molecule has 0 saturated carbocycles. The number of hydrogen-bond acceptors (Lipinski definition) is 2. The maximum absolute atomic E-state index is 12.5. The van der Waals surface area contributed by atoms with Gasteiger partial charge in [-0.05, 0) is 56.8 Å². The number of carboxylic acid groups (broad SMARTS) is 1. The molecule has 0 saturated heterocycles. The lowest BCUT2D eigenvalue weighted by Crippen LogP contribution is -2.07. The van der Waals surface area contributed by atoms with Crippen LogP contribution < -0.4 is 0 Å². The van der Waals surface area contributed by atoms with Crippen LogP contribution in [0, 0.1) is 7.27 Å². The molecule has 0 radical (unpaired) electrons. The number of alkyl halides is 2. The largest absolute Gasteiger partial charge is 0.481 e. The molecule has 0 aromatic carbocycles. The van der Waals surface area contributed by atoms with Crippen LogP contribution in [-0.2, 0) is 11.2 Å². The molecule has 15 heavy (non-hydrogen) atoms. The van der Waals surface area contributed by atoms with Crippen LogP contribution in [0.3, 0.4) is 0 Å². The predicted molar refractivity (Wildman–Crippen MR) is 66.0 cm³/mol. The number of nitrogens with zero attached hydrogens (tertiary/aromatic N) is 1. The Morgan fingerprint density at radius 2 is 2.13 bits per heavy atom. The van der Waals surface area contributed by atoms with E-state index in [1.165, 1.54) is 6.07 Å². The van der Waals surface area contributed by atoms with Crippen molar-refractivity contribution in [1.82, 2.24) is 4.98 Å². The summed E-state index contributed by atoms with van der Waals surface area (Å²) >= 11 is 3.48. The van der Waals surface area contributed by atoms with Gasteiger partial charge in [-0.3, -0.25) is 4.79 Å². The first-order valence-corrected chi connectivity index (χ1v) is 5.92. The second-order valence-corrected chi connectivity index (χ2v) is 4.86. The predicted octanol–water partition coefficient (Wildman–Crippen LogP) is 2.86. The Labute approximate surface area is 112 Å². The number of pyridine rings is 1. The van der Waals surface area contributed by atoms with Gasteiger partial charge in [-0.2, -0.15) is 0 Å². The average Bonchev–Trinajstić information content (AvgIpc) is 2.09. The fourth-order valence-electron chi connectivity index (χ4n) is 1.00. The molecule has 82 valence electrons. The van der Waals surface area contributed by atoms with E-state index in [2.05, 4.69) is 4.98 Å². The summed E-state index contributed by atoms with van der Waals surface area (Å²) in [5.41, 5.74) is 0.0246. The van der Waals surface area contributed by atoms with E-state index in [0.717, 1.165) is 0 Å². The van der Waals surface area contributed by atoms with Crippen LogP contribution in [0.2, 0.25) is 0 Å². The maximum Gasteiger partial charge on any atom is 0.307 e. The van der Waals surface area contributed by atoms with Gasteiger partial charge in [0.05, 0.1) is 6.42 Å². The summed E-state index contributed by atoms with van der Waals surface area (Å²) in [7, 11) is 0. The monoisotopic (exact) mass is 439 g/mol. The minimum absolute atomic E-state index is 0.227. The molecule has 1 heterocycles. The second-order valence-electron chi connectivity index (χ2n) is 2.67. The zero-order valence-corrected chi connectivity index (χ0v) is 11.5. The molecule has 3 nitrogen and oxygen atoms in total. The topological polar surface area (TPSA) is 50.2 Å². The molecule has 1 N–H and O–H groups in total. The molecule has 0 aliphatic carbocycles. The van der Waals surface area contributed by atoms with Gasteiger partial charge in [0.1, 0.15) is 9.39 Å². The molecule has 0 amide bonds.